The smallest absolute Gasteiger partial charge is 0.0969 e. The summed E-state index contributed by atoms with van der Waals surface area (Å²) in [7, 11) is 0. The standard InChI is InChI=1S/C20H29N4O2S.Mn/c1-3-17-11-18-19(27-17)5-10-26-20(18)6-8-23(15(2)12-20)13-16-14-24(22-21-16)7-4-9-25;/h4,11,14-15,25H,3,5-10,12-13H2,1-2H3;/q-1;/t15-,20+;/m0./s1. The molecule has 0 unspecified atom stereocenters. The molecule has 1 N–H and O–H groups in total. The molecule has 2 aromatic rings. The van der Waals surface area contributed by atoms with E-state index in [1.807, 2.05) is 17.5 Å². The number of aliphatic hydroxyl groups is 1. The van der Waals surface area contributed by atoms with Gasteiger partial charge < -0.3 is 9.84 Å². The minimum Gasteiger partial charge on any atom is -0.428 e. The number of thiophene rings is 1. The molecule has 8 heteroatoms. The van der Waals surface area contributed by atoms with Crippen molar-refractivity contribution in [3.8, 4) is 0 Å². The van der Waals surface area contributed by atoms with Crippen LogP contribution in [0.5, 0.6) is 0 Å². The predicted octanol–water partition coefficient (Wildman–Crippen LogP) is 2.55. The summed E-state index contributed by atoms with van der Waals surface area (Å²) in [6.45, 7) is 7.86. The number of hydrogen-bond donors (Lipinski definition) is 1. The third-order valence-corrected chi connectivity index (χ3v) is 7.19. The zero-order valence-corrected chi connectivity index (χ0v) is 18.6. The maximum atomic E-state index is 8.90. The van der Waals surface area contributed by atoms with Crippen molar-refractivity contribution in [2.24, 2.45) is 0 Å². The summed E-state index contributed by atoms with van der Waals surface area (Å²) in [6, 6.07) is 2.84. The van der Waals surface area contributed by atoms with E-state index >= 15 is 0 Å². The van der Waals surface area contributed by atoms with Crippen LogP contribution in [0.3, 0.4) is 0 Å². The molecule has 2 aromatic heterocycles. The van der Waals surface area contributed by atoms with Crippen molar-refractivity contribution in [3.05, 3.63) is 39.7 Å². The second-order valence-corrected chi connectivity index (χ2v) is 8.89. The van der Waals surface area contributed by atoms with Gasteiger partial charge >= 0.3 is 0 Å². The first kappa shape index (κ1) is 21.9. The third-order valence-electron chi connectivity index (χ3n) is 5.85. The summed E-state index contributed by atoms with van der Waals surface area (Å²) in [5, 5.41) is 17.3. The molecule has 6 nitrogen and oxygen atoms in total. The van der Waals surface area contributed by atoms with Crippen molar-refractivity contribution in [2.45, 2.75) is 64.3 Å². The Morgan fingerprint density at radius 3 is 3.07 bits per heavy atom. The number of nitrogens with zero attached hydrogens (tertiary/aromatic N) is 4. The second kappa shape index (κ2) is 9.37. The number of rotatable bonds is 6. The average Bonchev–Trinajstić information content (AvgIpc) is 3.30. The molecule has 1 radical (unpaired) electrons. The molecular formula is C20H29MnN4O2S-. The first-order valence-electron chi connectivity index (χ1n) is 9.95. The van der Waals surface area contributed by atoms with Crippen LogP contribution in [-0.4, -0.2) is 50.8 Å². The van der Waals surface area contributed by atoms with E-state index in [1.165, 1.54) is 10.4 Å². The van der Waals surface area contributed by atoms with Gasteiger partial charge in [0.15, 0.2) is 0 Å². The van der Waals surface area contributed by atoms with Crippen molar-refractivity contribution in [1.29, 1.82) is 0 Å². The fraction of sp³-hybridized carbons (Fsp3) is 0.650. The number of aryl methyl sites for hydroxylation is 1. The van der Waals surface area contributed by atoms with E-state index < -0.39 is 0 Å². The number of aromatic nitrogens is 3. The fourth-order valence-electron chi connectivity index (χ4n) is 4.41. The molecule has 0 aromatic carbocycles. The van der Waals surface area contributed by atoms with Crippen LogP contribution in [0.25, 0.3) is 0 Å². The molecule has 2 aliphatic rings. The molecule has 155 valence electrons. The van der Waals surface area contributed by atoms with Crippen LogP contribution in [0.2, 0.25) is 0 Å². The molecule has 0 bridgehead atoms. The summed E-state index contributed by atoms with van der Waals surface area (Å²) in [4.78, 5) is 5.51. The maximum Gasteiger partial charge on any atom is 0.0969 e. The second-order valence-electron chi connectivity index (χ2n) is 7.67. The minimum atomic E-state index is -0.0961. The summed E-state index contributed by atoms with van der Waals surface area (Å²) in [5.41, 5.74) is 2.35. The van der Waals surface area contributed by atoms with Gasteiger partial charge in [-0.1, -0.05) is 25.3 Å². The fourth-order valence-corrected chi connectivity index (χ4v) is 5.59. The molecule has 2 aliphatic heterocycles. The van der Waals surface area contributed by atoms with Crippen LogP contribution in [0, 0.1) is 6.42 Å². The van der Waals surface area contributed by atoms with Crippen molar-refractivity contribution in [1.82, 2.24) is 19.9 Å². The Balaban J connectivity index is 0.00000225. The number of fused-ring (bicyclic) bond motifs is 2. The van der Waals surface area contributed by atoms with Crippen LogP contribution >= 0.6 is 11.3 Å². The SMILES string of the molecule is CCc1cc2c(s1)CCO[C@@]21CCN(Cc2cn(C[CH-]CO)nn2)[C@@H](C)C1.[Mn]. The van der Waals surface area contributed by atoms with E-state index in [9.17, 15) is 0 Å². The Hall–Kier alpha value is -0.761. The molecule has 0 saturated carbocycles. The van der Waals surface area contributed by atoms with Gasteiger partial charge in [-0.15, -0.1) is 16.4 Å². The molecule has 28 heavy (non-hydrogen) atoms. The Morgan fingerprint density at radius 1 is 1.46 bits per heavy atom. The number of hydrogen-bond acceptors (Lipinski definition) is 6. The molecule has 1 spiro atoms. The number of aliphatic hydroxyl groups excluding tert-OH is 1. The van der Waals surface area contributed by atoms with Crippen molar-refractivity contribution >= 4 is 11.3 Å². The quantitative estimate of drug-likeness (QED) is 0.548. The van der Waals surface area contributed by atoms with E-state index in [0.717, 1.165) is 51.1 Å². The van der Waals surface area contributed by atoms with Gasteiger partial charge in [-0.2, -0.15) is 0 Å². The van der Waals surface area contributed by atoms with Gasteiger partial charge in [-0.3, -0.25) is 16.0 Å². The predicted molar refractivity (Wildman–Crippen MR) is 106 cm³/mol. The largest absolute Gasteiger partial charge is 0.428 e. The van der Waals surface area contributed by atoms with Crippen LogP contribution < -0.4 is 0 Å². The van der Waals surface area contributed by atoms with Crippen LogP contribution in [0.1, 0.15) is 47.7 Å². The van der Waals surface area contributed by atoms with Gasteiger partial charge in [0.1, 0.15) is 0 Å². The topological polar surface area (TPSA) is 63.4 Å². The van der Waals surface area contributed by atoms with E-state index in [4.69, 9.17) is 9.84 Å². The Bertz CT molecular complexity index is 780. The summed E-state index contributed by atoms with van der Waals surface area (Å²) < 4.78 is 8.20. The molecule has 0 aliphatic carbocycles. The Kier molecular flexibility index (Phi) is 7.34. The molecule has 4 heterocycles. The molecule has 2 atom stereocenters. The number of likely N-dealkylation sites (tertiary alicyclic amines) is 1. The summed E-state index contributed by atoms with van der Waals surface area (Å²) in [6.07, 6.45) is 8.00. The third kappa shape index (κ3) is 4.37. The van der Waals surface area contributed by atoms with Crippen LogP contribution in [0.15, 0.2) is 12.3 Å². The first-order chi connectivity index (χ1) is 13.1. The maximum absolute atomic E-state index is 8.90. The monoisotopic (exact) mass is 444 g/mol. The summed E-state index contributed by atoms with van der Waals surface area (Å²) in [5.74, 6) is 0. The van der Waals surface area contributed by atoms with Crippen LogP contribution in [0.4, 0.5) is 0 Å². The van der Waals surface area contributed by atoms with Crippen molar-refractivity contribution in [3.63, 3.8) is 0 Å². The van der Waals surface area contributed by atoms with E-state index in [1.54, 1.807) is 16.0 Å². The zero-order chi connectivity index (χ0) is 18.9. The van der Waals surface area contributed by atoms with Crippen LogP contribution in [-0.2, 0) is 53.3 Å². The number of piperidine rings is 1. The molecule has 1 saturated heterocycles. The van der Waals surface area contributed by atoms with E-state index in [-0.39, 0.29) is 29.3 Å². The van der Waals surface area contributed by atoms with Gasteiger partial charge in [0.2, 0.25) is 0 Å². The van der Waals surface area contributed by atoms with Crippen molar-refractivity contribution < 1.29 is 26.9 Å². The van der Waals surface area contributed by atoms with Gasteiger partial charge in [0.05, 0.1) is 17.9 Å². The van der Waals surface area contributed by atoms with Gasteiger partial charge in [0.25, 0.3) is 0 Å². The zero-order valence-electron chi connectivity index (χ0n) is 16.6. The van der Waals surface area contributed by atoms with E-state index in [0.29, 0.717) is 12.6 Å². The van der Waals surface area contributed by atoms with Gasteiger partial charge in [0, 0.05) is 58.6 Å². The average molecular weight is 444 g/mol. The molecule has 1 fully saturated rings. The minimum absolute atomic E-state index is 0. The van der Waals surface area contributed by atoms with Gasteiger partial charge in [-0.05, 0) is 37.8 Å². The summed E-state index contributed by atoms with van der Waals surface area (Å²) >= 11 is 1.98. The Morgan fingerprint density at radius 2 is 2.32 bits per heavy atom. The Labute approximate surface area is 181 Å². The molecule has 0 amide bonds. The van der Waals surface area contributed by atoms with Crippen molar-refractivity contribution in [2.75, 3.05) is 19.8 Å². The molecule has 4 rings (SSSR count). The van der Waals surface area contributed by atoms with E-state index in [2.05, 4.69) is 35.1 Å². The van der Waals surface area contributed by atoms with Gasteiger partial charge in [-0.25, -0.2) is 0 Å². The number of ether oxygens (including phenoxy) is 1. The normalized spacial score (nSPS) is 24.9. The first-order valence-corrected chi connectivity index (χ1v) is 10.8. The molecular weight excluding hydrogens is 415 g/mol.